The molecule has 27 heavy (non-hydrogen) atoms. The molecule has 3 nitrogen and oxygen atoms in total. The van der Waals surface area contributed by atoms with E-state index in [9.17, 15) is 15.3 Å². The second-order valence-corrected chi connectivity index (χ2v) is 11.3. The van der Waals surface area contributed by atoms with Crippen LogP contribution in [0.4, 0.5) is 0 Å². The van der Waals surface area contributed by atoms with Crippen LogP contribution in [0.2, 0.25) is 0 Å². The highest BCUT2D eigenvalue weighted by Gasteiger charge is 2.62. The Labute approximate surface area is 165 Å². The predicted octanol–water partition coefficient (Wildman–Crippen LogP) is 4.39. The van der Waals surface area contributed by atoms with Crippen molar-refractivity contribution in [3.8, 4) is 0 Å². The van der Waals surface area contributed by atoms with Crippen LogP contribution in [-0.2, 0) is 0 Å². The Hall–Kier alpha value is -0.120. The smallest absolute Gasteiger partial charge is 0.0577 e. The summed E-state index contributed by atoms with van der Waals surface area (Å²) in [7, 11) is 0. The standard InChI is InChI=1S/C24H42O3/c1-15(5-4-12-25)18-6-7-19-17-14-22(27)21-13-16(26)8-10-24(21,3)20(17)9-11-23(18,19)2/h15-22,25-27H,4-14H2,1-3H3/t15-,16+,17+,18-,19+,20+,21-,22+,23-,24-/m1/s1. The van der Waals surface area contributed by atoms with Crippen molar-refractivity contribution in [2.75, 3.05) is 6.61 Å². The van der Waals surface area contributed by atoms with Gasteiger partial charge >= 0.3 is 0 Å². The van der Waals surface area contributed by atoms with Gasteiger partial charge in [0.15, 0.2) is 0 Å². The molecule has 0 aromatic heterocycles. The summed E-state index contributed by atoms with van der Waals surface area (Å²) in [5.41, 5.74) is 0.649. The predicted molar refractivity (Wildman–Crippen MR) is 108 cm³/mol. The van der Waals surface area contributed by atoms with Crippen molar-refractivity contribution >= 4 is 0 Å². The van der Waals surface area contributed by atoms with Crippen LogP contribution in [-0.4, -0.2) is 34.1 Å². The van der Waals surface area contributed by atoms with Gasteiger partial charge in [-0.05, 0) is 111 Å². The van der Waals surface area contributed by atoms with Crippen LogP contribution in [0, 0.1) is 46.3 Å². The van der Waals surface area contributed by atoms with Crippen molar-refractivity contribution in [3.63, 3.8) is 0 Å². The maximum atomic E-state index is 11.1. The van der Waals surface area contributed by atoms with Crippen molar-refractivity contribution in [2.45, 2.75) is 97.2 Å². The van der Waals surface area contributed by atoms with Crippen LogP contribution in [0.25, 0.3) is 0 Å². The Balaban J connectivity index is 1.56. The third-order valence-corrected chi connectivity index (χ3v) is 10.2. The molecule has 0 unspecified atom stereocenters. The maximum Gasteiger partial charge on any atom is 0.0577 e. The molecule has 4 aliphatic carbocycles. The van der Waals surface area contributed by atoms with Crippen molar-refractivity contribution in [1.29, 1.82) is 0 Å². The van der Waals surface area contributed by atoms with Crippen molar-refractivity contribution in [2.24, 2.45) is 46.3 Å². The van der Waals surface area contributed by atoms with E-state index < -0.39 is 0 Å². The summed E-state index contributed by atoms with van der Waals surface area (Å²) in [6.07, 6.45) is 10.8. The molecule has 4 aliphatic rings. The zero-order valence-corrected chi connectivity index (χ0v) is 17.7. The van der Waals surface area contributed by atoms with Gasteiger partial charge in [-0.25, -0.2) is 0 Å². The topological polar surface area (TPSA) is 60.7 Å². The average Bonchev–Trinajstić information content (AvgIpc) is 2.99. The lowest BCUT2D eigenvalue weighted by Crippen LogP contribution is -2.58. The zero-order valence-electron chi connectivity index (χ0n) is 17.7. The SMILES string of the molecule is C[C@H](CCCO)[C@H]1CC[C@H]2[C@@H]3C[C@H](O)[C@H]4C[C@@H](O)CC[C@]4(C)[C@H]3CC[C@]12C. The molecule has 4 saturated carbocycles. The number of aliphatic hydroxyl groups excluding tert-OH is 3. The first-order valence-corrected chi connectivity index (χ1v) is 11.8. The van der Waals surface area contributed by atoms with E-state index in [1.165, 1.54) is 25.7 Å². The molecule has 0 spiro atoms. The van der Waals surface area contributed by atoms with Crippen LogP contribution in [0.15, 0.2) is 0 Å². The van der Waals surface area contributed by atoms with E-state index in [0.29, 0.717) is 29.8 Å². The third-order valence-electron chi connectivity index (χ3n) is 10.2. The van der Waals surface area contributed by atoms with Gasteiger partial charge in [-0.1, -0.05) is 20.8 Å². The lowest BCUT2D eigenvalue weighted by atomic mass is 9.44. The van der Waals surface area contributed by atoms with Gasteiger partial charge in [-0.15, -0.1) is 0 Å². The van der Waals surface area contributed by atoms with Gasteiger partial charge in [0, 0.05) is 6.61 Å². The lowest BCUT2D eigenvalue weighted by molar-refractivity contribution is -0.172. The minimum atomic E-state index is -0.223. The first-order chi connectivity index (χ1) is 12.8. The quantitative estimate of drug-likeness (QED) is 0.680. The van der Waals surface area contributed by atoms with E-state index in [4.69, 9.17) is 0 Å². The highest BCUT2D eigenvalue weighted by Crippen LogP contribution is 2.68. The molecule has 0 saturated heterocycles. The van der Waals surface area contributed by atoms with Crippen LogP contribution in [0.3, 0.4) is 0 Å². The largest absolute Gasteiger partial charge is 0.396 e. The van der Waals surface area contributed by atoms with Crippen LogP contribution in [0.1, 0.15) is 85.0 Å². The normalized spacial score (nSPS) is 53.3. The maximum absolute atomic E-state index is 11.1. The summed E-state index contributed by atoms with van der Waals surface area (Å²) in [5, 5.41) is 30.5. The first kappa shape index (κ1) is 20.2. The van der Waals surface area contributed by atoms with Crippen LogP contribution in [0.5, 0.6) is 0 Å². The van der Waals surface area contributed by atoms with Gasteiger partial charge in [-0.3, -0.25) is 0 Å². The minimum Gasteiger partial charge on any atom is -0.396 e. The molecule has 0 bridgehead atoms. The minimum absolute atomic E-state index is 0.202. The highest BCUT2D eigenvalue weighted by atomic mass is 16.3. The molecule has 3 N–H and O–H groups in total. The number of hydrogen-bond donors (Lipinski definition) is 3. The molecule has 156 valence electrons. The zero-order chi connectivity index (χ0) is 19.4. The fraction of sp³-hybridized carbons (Fsp3) is 1.00. The molecule has 4 rings (SSSR count). The average molecular weight is 379 g/mol. The van der Waals surface area contributed by atoms with Crippen molar-refractivity contribution in [1.82, 2.24) is 0 Å². The van der Waals surface area contributed by atoms with Gasteiger partial charge < -0.3 is 15.3 Å². The molecular formula is C24H42O3. The summed E-state index contributed by atoms with van der Waals surface area (Å²) in [4.78, 5) is 0. The lowest BCUT2D eigenvalue weighted by Gasteiger charge is -2.62. The van der Waals surface area contributed by atoms with Gasteiger partial charge in [-0.2, -0.15) is 0 Å². The van der Waals surface area contributed by atoms with E-state index in [0.717, 1.165) is 56.3 Å². The fourth-order valence-electron chi connectivity index (χ4n) is 8.87. The number of fused-ring (bicyclic) bond motifs is 5. The van der Waals surface area contributed by atoms with E-state index in [-0.39, 0.29) is 17.6 Å². The number of rotatable bonds is 4. The molecule has 0 aromatic carbocycles. The molecule has 10 atom stereocenters. The fourth-order valence-corrected chi connectivity index (χ4v) is 8.87. The molecule has 0 heterocycles. The first-order valence-electron chi connectivity index (χ1n) is 11.8. The van der Waals surface area contributed by atoms with Gasteiger partial charge in [0.25, 0.3) is 0 Å². The van der Waals surface area contributed by atoms with E-state index in [1.807, 2.05) is 0 Å². The Morgan fingerprint density at radius 3 is 2.33 bits per heavy atom. The highest BCUT2D eigenvalue weighted by molar-refractivity contribution is 5.11. The Morgan fingerprint density at radius 1 is 0.889 bits per heavy atom. The molecule has 0 aromatic rings. The van der Waals surface area contributed by atoms with E-state index >= 15 is 0 Å². The molecule has 4 fully saturated rings. The molecule has 0 radical (unpaired) electrons. The Bertz CT molecular complexity index is 536. The summed E-state index contributed by atoms with van der Waals surface area (Å²) in [5.74, 6) is 3.95. The second-order valence-electron chi connectivity index (χ2n) is 11.3. The van der Waals surface area contributed by atoms with Crippen LogP contribution >= 0.6 is 0 Å². The molecule has 0 amide bonds. The second kappa shape index (κ2) is 7.29. The summed E-state index contributed by atoms with van der Waals surface area (Å²) in [6.45, 7) is 7.74. The summed E-state index contributed by atoms with van der Waals surface area (Å²) < 4.78 is 0. The Kier molecular flexibility index (Phi) is 5.44. The van der Waals surface area contributed by atoms with Gasteiger partial charge in [0.2, 0.25) is 0 Å². The van der Waals surface area contributed by atoms with Crippen LogP contribution < -0.4 is 0 Å². The van der Waals surface area contributed by atoms with E-state index in [1.54, 1.807) is 0 Å². The number of hydrogen-bond acceptors (Lipinski definition) is 3. The molecular weight excluding hydrogens is 336 g/mol. The Morgan fingerprint density at radius 2 is 1.59 bits per heavy atom. The third kappa shape index (κ3) is 3.11. The summed E-state index contributed by atoms with van der Waals surface area (Å²) in [6, 6.07) is 0. The van der Waals surface area contributed by atoms with Gasteiger partial charge in [0.1, 0.15) is 0 Å². The molecule has 0 aliphatic heterocycles. The summed E-state index contributed by atoms with van der Waals surface area (Å²) >= 11 is 0. The molecule has 3 heteroatoms. The van der Waals surface area contributed by atoms with Crippen molar-refractivity contribution < 1.29 is 15.3 Å². The monoisotopic (exact) mass is 378 g/mol. The van der Waals surface area contributed by atoms with E-state index in [2.05, 4.69) is 20.8 Å². The van der Waals surface area contributed by atoms with Gasteiger partial charge in [0.05, 0.1) is 12.2 Å². The number of aliphatic hydroxyl groups is 3. The van der Waals surface area contributed by atoms with Crippen molar-refractivity contribution in [3.05, 3.63) is 0 Å².